The Morgan fingerprint density at radius 1 is 1.35 bits per heavy atom. The van der Waals surface area contributed by atoms with E-state index in [-0.39, 0.29) is 17.4 Å². The number of hydrogen-bond acceptors (Lipinski definition) is 6. The number of thiophene rings is 1. The normalized spacial score (nSPS) is 11.6. The minimum absolute atomic E-state index is 0.0232. The second-order valence-corrected chi connectivity index (χ2v) is 5.74. The number of rotatable bonds is 6. The highest BCUT2D eigenvalue weighted by Crippen LogP contribution is 2.24. The molecule has 2 rings (SSSR count). The summed E-state index contributed by atoms with van der Waals surface area (Å²) in [6.45, 7) is 1.43. The van der Waals surface area contributed by atoms with E-state index < -0.39 is 18.5 Å². The van der Waals surface area contributed by atoms with Gasteiger partial charge >= 0.3 is 5.97 Å². The highest BCUT2D eigenvalue weighted by atomic mass is 32.1. The van der Waals surface area contributed by atoms with Crippen LogP contribution in [0.1, 0.15) is 28.2 Å². The van der Waals surface area contributed by atoms with Crippen LogP contribution >= 0.6 is 11.3 Å². The molecule has 1 aromatic heterocycles. The maximum Gasteiger partial charge on any atom is 0.342 e. The molecule has 0 fully saturated rings. The number of nitrogens with one attached hydrogen (secondary N) is 1. The summed E-state index contributed by atoms with van der Waals surface area (Å²) >= 11 is 1.53. The number of phenols is 1. The first-order valence-corrected chi connectivity index (χ1v) is 7.76. The molecule has 0 aliphatic carbocycles. The minimum atomic E-state index is -0.774. The molecule has 0 bridgehead atoms. The predicted octanol–water partition coefficient (Wildman–Crippen LogP) is 2.50. The van der Waals surface area contributed by atoms with E-state index in [4.69, 9.17) is 9.47 Å². The molecule has 7 heteroatoms. The van der Waals surface area contributed by atoms with Gasteiger partial charge in [0.25, 0.3) is 5.91 Å². The van der Waals surface area contributed by atoms with Crippen LogP contribution in [0.2, 0.25) is 0 Å². The first-order valence-electron chi connectivity index (χ1n) is 6.88. The average molecular weight is 335 g/mol. The number of esters is 1. The van der Waals surface area contributed by atoms with Gasteiger partial charge in [-0.05, 0) is 30.5 Å². The Kier molecular flexibility index (Phi) is 5.59. The van der Waals surface area contributed by atoms with Gasteiger partial charge in [-0.25, -0.2) is 4.79 Å². The molecule has 0 saturated heterocycles. The summed E-state index contributed by atoms with van der Waals surface area (Å²) in [4.78, 5) is 24.7. The van der Waals surface area contributed by atoms with E-state index in [0.717, 1.165) is 4.88 Å². The van der Waals surface area contributed by atoms with Crippen molar-refractivity contribution in [1.29, 1.82) is 0 Å². The number of aromatic hydroxyl groups is 1. The fourth-order valence-electron chi connectivity index (χ4n) is 1.91. The zero-order valence-electron chi connectivity index (χ0n) is 12.7. The summed E-state index contributed by atoms with van der Waals surface area (Å²) in [6.07, 6.45) is 0. The van der Waals surface area contributed by atoms with Crippen molar-refractivity contribution in [2.45, 2.75) is 13.0 Å². The van der Waals surface area contributed by atoms with Gasteiger partial charge < -0.3 is 19.9 Å². The number of phenolic OH excluding ortho intramolecular Hbond substituents is 1. The lowest BCUT2D eigenvalue weighted by molar-refractivity contribution is -0.124. The summed E-state index contributed by atoms with van der Waals surface area (Å²) in [5.74, 6) is -1.03. The fourth-order valence-corrected chi connectivity index (χ4v) is 2.65. The number of methoxy groups -OCH3 is 1. The van der Waals surface area contributed by atoms with Crippen LogP contribution in [-0.4, -0.2) is 30.7 Å². The Bertz CT molecular complexity index is 684. The predicted molar refractivity (Wildman–Crippen MR) is 85.8 cm³/mol. The van der Waals surface area contributed by atoms with Gasteiger partial charge in [-0.15, -0.1) is 11.3 Å². The molecule has 23 heavy (non-hydrogen) atoms. The second kappa shape index (κ2) is 7.64. The topological polar surface area (TPSA) is 84.9 Å². The average Bonchev–Trinajstić information content (AvgIpc) is 3.07. The Hall–Kier alpha value is -2.54. The fraction of sp³-hybridized carbons (Fsp3) is 0.250. The molecule has 122 valence electrons. The maximum absolute atomic E-state index is 11.9. The van der Waals surface area contributed by atoms with Crippen molar-refractivity contribution < 1.29 is 24.2 Å². The molecule has 2 aromatic rings. The molecule has 0 radical (unpaired) electrons. The monoisotopic (exact) mass is 335 g/mol. The molecule has 0 aliphatic heterocycles. The van der Waals surface area contributed by atoms with Crippen molar-refractivity contribution in [2.24, 2.45) is 0 Å². The van der Waals surface area contributed by atoms with Gasteiger partial charge in [0.1, 0.15) is 17.1 Å². The van der Waals surface area contributed by atoms with Gasteiger partial charge in [-0.3, -0.25) is 4.79 Å². The van der Waals surface area contributed by atoms with Gasteiger partial charge in [0.15, 0.2) is 6.61 Å². The van der Waals surface area contributed by atoms with Crippen LogP contribution in [0.4, 0.5) is 0 Å². The number of carbonyl (C=O) groups excluding carboxylic acids is 2. The van der Waals surface area contributed by atoms with Crippen molar-refractivity contribution in [3.05, 3.63) is 46.2 Å². The number of hydrogen-bond donors (Lipinski definition) is 2. The molecular formula is C16H17NO5S. The first-order chi connectivity index (χ1) is 11.0. The quantitative estimate of drug-likeness (QED) is 0.792. The van der Waals surface area contributed by atoms with Crippen molar-refractivity contribution in [3.63, 3.8) is 0 Å². The lowest BCUT2D eigenvalue weighted by Gasteiger charge is -2.12. The largest absolute Gasteiger partial charge is 0.507 e. The molecule has 1 heterocycles. The molecule has 0 spiro atoms. The van der Waals surface area contributed by atoms with Crippen LogP contribution < -0.4 is 10.1 Å². The SMILES string of the molecule is COc1ccc(C(=O)OCC(=O)N[C@@H](C)c2cccs2)c(O)c1. The Balaban J connectivity index is 1.87. The van der Waals surface area contributed by atoms with E-state index in [0.29, 0.717) is 5.75 Å². The van der Waals surface area contributed by atoms with Crippen molar-refractivity contribution in [3.8, 4) is 11.5 Å². The first kappa shape index (κ1) is 16.8. The minimum Gasteiger partial charge on any atom is -0.507 e. The van der Waals surface area contributed by atoms with E-state index >= 15 is 0 Å². The lowest BCUT2D eigenvalue weighted by Crippen LogP contribution is -2.30. The highest BCUT2D eigenvalue weighted by molar-refractivity contribution is 7.10. The van der Waals surface area contributed by atoms with Crippen LogP contribution in [-0.2, 0) is 9.53 Å². The molecular weight excluding hydrogens is 318 g/mol. The van der Waals surface area contributed by atoms with Crippen molar-refractivity contribution in [2.75, 3.05) is 13.7 Å². The van der Waals surface area contributed by atoms with E-state index in [2.05, 4.69) is 5.32 Å². The molecule has 1 atom stereocenters. The van der Waals surface area contributed by atoms with Gasteiger partial charge in [0, 0.05) is 10.9 Å². The third kappa shape index (κ3) is 4.46. The lowest BCUT2D eigenvalue weighted by atomic mass is 10.2. The highest BCUT2D eigenvalue weighted by Gasteiger charge is 2.16. The van der Waals surface area contributed by atoms with Gasteiger partial charge in [0.05, 0.1) is 13.2 Å². The zero-order chi connectivity index (χ0) is 16.8. The third-order valence-electron chi connectivity index (χ3n) is 3.11. The van der Waals surface area contributed by atoms with E-state index in [1.54, 1.807) is 0 Å². The van der Waals surface area contributed by atoms with Crippen LogP contribution in [0, 0.1) is 0 Å². The summed E-state index contributed by atoms with van der Waals surface area (Å²) in [5.41, 5.74) is -0.0232. The number of ether oxygens (including phenoxy) is 2. The van der Waals surface area contributed by atoms with Crippen molar-refractivity contribution >= 4 is 23.2 Å². The van der Waals surface area contributed by atoms with Gasteiger partial charge in [-0.2, -0.15) is 0 Å². The molecule has 2 N–H and O–H groups in total. The molecule has 0 aliphatic rings. The maximum atomic E-state index is 11.9. The Labute approximate surface area is 137 Å². The molecule has 1 aromatic carbocycles. The van der Waals surface area contributed by atoms with Crippen LogP contribution in [0.15, 0.2) is 35.7 Å². The summed E-state index contributed by atoms with van der Waals surface area (Å²) in [5, 5.41) is 14.4. The Morgan fingerprint density at radius 3 is 2.74 bits per heavy atom. The number of benzene rings is 1. The zero-order valence-corrected chi connectivity index (χ0v) is 13.6. The third-order valence-corrected chi connectivity index (χ3v) is 4.16. The molecule has 1 amide bonds. The van der Waals surface area contributed by atoms with E-state index in [1.165, 1.54) is 36.6 Å². The van der Waals surface area contributed by atoms with Crippen LogP contribution in [0.25, 0.3) is 0 Å². The van der Waals surface area contributed by atoms with Gasteiger partial charge in [0.2, 0.25) is 0 Å². The Morgan fingerprint density at radius 2 is 2.13 bits per heavy atom. The second-order valence-electron chi connectivity index (χ2n) is 4.76. The van der Waals surface area contributed by atoms with E-state index in [1.807, 2.05) is 24.4 Å². The number of amides is 1. The molecule has 0 unspecified atom stereocenters. The molecule has 0 saturated carbocycles. The summed E-state index contributed by atoms with van der Waals surface area (Å²) in [7, 11) is 1.45. The standard InChI is InChI=1S/C16H17NO5S/c1-10(14-4-3-7-23-14)17-15(19)9-22-16(20)12-6-5-11(21-2)8-13(12)18/h3-8,10,18H,9H2,1-2H3,(H,17,19)/t10-/m0/s1. The number of carbonyl (C=O) groups is 2. The van der Waals surface area contributed by atoms with Gasteiger partial charge in [-0.1, -0.05) is 6.07 Å². The van der Waals surface area contributed by atoms with Crippen molar-refractivity contribution in [1.82, 2.24) is 5.32 Å². The summed E-state index contributed by atoms with van der Waals surface area (Å²) < 4.78 is 9.85. The van der Waals surface area contributed by atoms with Crippen LogP contribution in [0.5, 0.6) is 11.5 Å². The smallest absolute Gasteiger partial charge is 0.342 e. The summed E-state index contributed by atoms with van der Waals surface area (Å²) in [6, 6.07) is 7.86. The van der Waals surface area contributed by atoms with E-state index in [9.17, 15) is 14.7 Å². The van der Waals surface area contributed by atoms with Crippen LogP contribution in [0.3, 0.4) is 0 Å². The molecule has 6 nitrogen and oxygen atoms in total.